The van der Waals surface area contributed by atoms with Gasteiger partial charge in [0.25, 0.3) is 0 Å². The average molecular weight is 326 g/mol. The SMILES string of the molecule is CC1CN(C(=O)CC#N)C12CCNC2.Cc1ncnc2[nH]ccc12. The van der Waals surface area contributed by atoms with Gasteiger partial charge >= 0.3 is 0 Å². The largest absolute Gasteiger partial charge is 0.346 e. The third-order valence-corrected chi connectivity index (χ3v) is 5.16. The fourth-order valence-electron chi connectivity index (χ4n) is 3.64. The van der Waals surface area contributed by atoms with Crippen molar-refractivity contribution in [2.45, 2.75) is 32.2 Å². The zero-order valence-electron chi connectivity index (χ0n) is 14.0. The number of nitrogens with one attached hydrogen (secondary N) is 2. The number of hydrogen-bond acceptors (Lipinski definition) is 5. The molecule has 1 amide bonds. The maximum absolute atomic E-state index is 11.6. The van der Waals surface area contributed by atoms with E-state index >= 15 is 0 Å². The molecule has 4 heterocycles. The van der Waals surface area contributed by atoms with E-state index in [-0.39, 0.29) is 17.9 Å². The Morgan fingerprint density at radius 1 is 1.54 bits per heavy atom. The lowest BCUT2D eigenvalue weighted by Crippen LogP contribution is -2.69. The lowest BCUT2D eigenvalue weighted by Gasteiger charge is -2.55. The normalized spacial score (nSPS) is 25.0. The molecule has 2 fully saturated rings. The van der Waals surface area contributed by atoms with Crippen molar-refractivity contribution in [3.05, 3.63) is 24.3 Å². The van der Waals surface area contributed by atoms with Crippen LogP contribution in [0, 0.1) is 24.2 Å². The molecule has 0 saturated carbocycles. The van der Waals surface area contributed by atoms with Crippen LogP contribution in [0.5, 0.6) is 0 Å². The van der Waals surface area contributed by atoms with Gasteiger partial charge in [0.2, 0.25) is 5.91 Å². The molecule has 2 saturated heterocycles. The highest BCUT2D eigenvalue weighted by Gasteiger charge is 2.54. The van der Waals surface area contributed by atoms with Gasteiger partial charge in [-0.3, -0.25) is 4.79 Å². The summed E-state index contributed by atoms with van der Waals surface area (Å²) in [6, 6.07) is 3.90. The van der Waals surface area contributed by atoms with E-state index in [9.17, 15) is 4.79 Å². The molecule has 7 heteroatoms. The van der Waals surface area contributed by atoms with E-state index in [4.69, 9.17) is 5.26 Å². The molecular weight excluding hydrogens is 304 g/mol. The number of nitrogens with zero attached hydrogens (tertiary/aromatic N) is 4. The molecule has 2 unspecified atom stereocenters. The Morgan fingerprint density at radius 2 is 2.38 bits per heavy atom. The van der Waals surface area contributed by atoms with Crippen LogP contribution in [0.2, 0.25) is 0 Å². The molecule has 0 bridgehead atoms. The van der Waals surface area contributed by atoms with Gasteiger partial charge in [0.15, 0.2) is 0 Å². The number of hydrogen-bond donors (Lipinski definition) is 2. The minimum absolute atomic E-state index is 0.00528. The molecule has 126 valence electrons. The van der Waals surface area contributed by atoms with E-state index in [0.717, 1.165) is 42.8 Å². The van der Waals surface area contributed by atoms with Gasteiger partial charge < -0.3 is 15.2 Å². The van der Waals surface area contributed by atoms with Crippen molar-refractivity contribution < 1.29 is 4.79 Å². The minimum Gasteiger partial charge on any atom is -0.346 e. The molecule has 7 nitrogen and oxygen atoms in total. The Labute approximate surface area is 141 Å². The lowest BCUT2D eigenvalue weighted by atomic mass is 9.74. The summed E-state index contributed by atoms with van der Waals surface area (Å²) < 4.78 is 0. The van der Waals surface area contributed by atoms with Gasteiger partial charge in [-0.1, -0.05) is 6.92 Å². The predicted molar refractivity (Wildman–Crippen MR) is 90.0 cm³/mol. The van der Waals surface area contributed by atoms with Crippen LogP contribution < -0.4 is 5.32 Å². The first-order valence-electron chi connectivity index (χ1n) is 8.21. The van der Waals surface area contributed by atoms with Gasteiger partial charge in [-0.15, -0.1) is 0 Å². The van der Waals surface area contributed by atoms with Crippen molar-refractivity contribution >= 4 is 16.9 Å². The van der Waals surface area contributed by atoms with E-state index in [0.29, 0.717) is 5.92 Å². The standard InChI is InChI=1S/C10H15N3O.C7H7N3/c1-8-6-13(9(14)2-4-11)10(8)3-5-12-7-10;1-5-6-2-3-8-7(6)10-4-9-5/h8,12H,2-3,5-7H2,1H3;2-4H,1H3,(H,8,9,10). The topological polar surface area (TPSA) is 97.7 Å². The number of amides is 1. The zero-order valence-corrected chi connectivity index (χ0v) is 14.0. The minimum atomic E-state index is -0.00528. The van der Waals surface area contributed by atoms with Crippen LogP contribution in [-0.4, -0.2) is 50.9 Å². The molecule has 24 heavy (non-hydrogen) atoms. The summed E-state index contributed by atoms with van der Waals surface area (Å²) in [6.07, 6.45) is 4.49. The first-order valence-corrected chi connectivity index (χ1v) is 8.21. The van der Waals surface area contributed by atoms with Gasteiger partial charge in [0.1, 0.15) is 18.4 Å². The summed E-state index contributed by atoms with van der Waals surface area (Å²) in [5.74, 6) is 0.564. The van der Waals surface area contributed by atoms with E-state index in [1.165, 1.54) is 0 Å². The fourth-order valence-corrected chi connectivity index (χ4v) is 3.64. The molecule has 2 aliphatic heterocycles. The Bertz CT molecular complexity index is 771. The molecule has 0 aromatic carbocycles. The summed E-state index contributed by atoms with van der Waals surface area (Å²) in [5.41, 5.74) is 1.97. The number of rotatable bonds is 1. The van der Waals surface area contributed by atoms with Gasteiger partial charge in [0, 0.05) is 24.7 Å². The Kier molecular flexibility index (Phi) is 4.49. The molecule has 2 N–H and O–H groups in total. The summed E-state index contributed by atoms with van der Waals surface area (Å²) in [4.78, 5) is 24.6. The highest BCUT2D eigenvalue weighted by molar-refractivity contribution is 5.80. The molecular formula is C17H22N6O. The van der Waals surface area contributed by atoms with E-state index in [2.05, 4.69) is 27.2 Å². The summed E-state index contributed by atoms with van der Waals surface area (Å²) in [6.45, 7) is 6.86. The summed E-state index contributed by atoms with van der Waals surface area (Å²) in [7, 11) is 0. The number of likely N-dealkylation sites (tertiary alicyclic amines) is 1. The smallest absolute Gasteiger partial charge is 0.237 e. The van der Waals surface area contributed by atoms with Crippen LogP contribution in [0.1, 0.15) is 25.5 Å². The van der Waals surface area contributed by atoms with Crippen LogP contribution >= 0.6 is 0 Å². The Balaban J connectivity index is 0.000000149. The Morgan fingerprint density at radius 3 is 3.00 bits per heavy atom. The number of carbonyl (C=O) groups excluding carboxylic acids is 1. The van der Waals surface area contributed by atoms with Gasteiger partial charge in [-0.05, 0) is 31.9 Å². The number of aromatic amines is 1. The molecule has 2 aliphatic rings. The molecule has 0 aliphatic carbocycles. The van der Waals surface area contributed by atoms with Crippen LogP contribution in [0.25, 0.3) is 11.0 Å². The van der Waals surface area contributed by atoms with E-state index in [1.54, 1.807) is 6.33 Å². The highest BCUT2D eigenvalue weighted by atomic mass is 16.2. The molecule has 2 aromatic heterocycles. The van der Waals surface area contributed by atoms with Crippen LogP contribution in [0.3, 0.4) is 0 Å². The molecule has 4 rings (SSSR count). The van der Waals surface area contributed by atoms with Gasteiger partial charge in [-0.25, -0.2) is 9.97 Å². The van der Waals surface area contributed by atoms with E-state index in [1.807, 2.05) is 30.2 Å². The van der Waals surface area contributed by atoms with Gasteiger partial charge in [0.05, 0.1) is 17.3 Å². The second-order valence-corrected chi connectivity index (χ2v) is 6.47. The van der Waals surface area contributed by atoms with Crippen molar-refractivity contribution in [2.75, 3.05) is 19.6 Å². The first kappa shape index (κ1) is 16.4. The molecule has 1 spiro atoms. The van der Waals surface area contributed by atoms with Gasteiger partial charge in [-0.2, -0.15) is 5.26 Å². The first-order chi connectivity index (χ1) is 11.6. The Hall–Kier alpha value is -2.46. The number of carbonyl (C=O) groups is 1. The average Bonchev–Trinajstić information content (AvgIpc) is 3.24. The monoisotopic (exact) mass is 326 g/mol. The van der Waals surface area contributed by atoms with E-state index < -0.39 is 0 Å². The quantitative estimate of drug-likeness (QED) is 0.825. The third kappa shape index (κ3) is 2.74. The van der Waals surface area contributed by atoms with Crippen molar-refractivity contribution in [1.29, 1.82) is 5.26 Å². The van der Waals surface area contributed by atoms with Crippen molar-refractivity contribution in [3.63, 3.8) is 0 Å². The van der Waals surface area contributed by atoms with Crippen molar-refractivity contribution in [3.8, 4) is 6.07 Å². The van der Waals surface area contributed by atoms with Crippen LogP contribution in [-0.2, 0) is 4.79 Å². The molecule has 0 radical (unpaired) electrons. The fraction of sp³-hybridized carbons (Fsp3) is 0.529. The third-order valence-electron chi connectivity index (χ3n) is 5.16. The second kappa shape index (κ2) is 6.57. The predicted octanol–water partition coefficient (Wildman–Crippen LogP) is 1.38. The maximum Gasteiger partial charge on any atom is 0.237 e. The summed E-state index contributed by atoms with van der Waals surface area (Å²) in [5, 5.41) is 12.9. The number of H-pyrrole nitrogens is 1. The van der Waals surface area contributed by atoms with Crippen molar-refractivity contribution in [1.82, 2.24) is 25.2 Å². The highest BCUT2D eigenvalue weighted by Crippen LogP contribution is 2.41. The summed E-state index contributed by atoms with van der Waals surface area (Å²) >= 11 is 0. The number of fused-ring (bicyclic) bond motifs is 1. The van der Waals surface area contributed by atoms with Crippen molar-refractivity contribution in [2.24, 2.45) is 5.92 Å². The molecule has 2 aromatic rings. The lowest BCUT2D eigenvalue weighted by molar-refractivity contribution is -0.152. The van der Waals surface area contributed by atoms with Crippen LogP contribution in [0.4, 0.5) is 0 Å². The zero-order chi connectivity index (χ0) is 17.2. The molecule has 2 atom stereocenters. The van der Waals surface area contributed by atoms with Crippen LogP contribution in [0.15, 0.2) is 18.6 Å². The maximum atomic E-state index is 11.6. The number of nitriles is 1. The number of aryl methyl sites for hydroxylation is 1. The second-order valence-electron chi connectivity index (χ2n) is 6.47. The number of aromatic nitrogens is 3.